The number of hydrogen-bond acceptors (Lipinski definition) is 9. The quantitative estimate of drug-likeness (QED) is 0.543. The Morgan fingerprint density at radius 2 is 2.11 bits per heavy atom. The molecule has 2 fully saturated rings. The number of aromatic nitrogens is 3. The Morgan fingerprint density at radius 3 is 2.83 bits per heavy atom. The van der Waals surface area contributed by atoms with Crippen molar-refractivity contribution in [3.05, 3.63) is 35.3 Å². The highest BCUT2D eigenvalue weighted by Gasteiger charge is 2.25. The van der Waals surface area contributed by atoms with Crippen LogP contribution in [0.5, 0.6) is 11.6 Å². The topological polar surface area (TPSA) is 135 Å². The Balaban J connectivity index is 1.47. The number of halogens is 1. The number of ether oxygens (including phenoxy) is 4. The average molecular weight is 482 g/mol. The summed E-state index contributed by atoms with van der Waals surface area (Å²) in [5.74, 6) is -0.593. The second-order valence-electron chi connectivity index (χ2n) is 8.06. The van der Waals surface area contributed by atoms with Crippen LogP contribution in [0.2, 0.25) is 0 Å². The van der Waals surface area contributed by atoms with Gasteiger partial charge in [-0.15, -0.1) is 0 Å². The lowest BCUT2D eigenvalue weighted by Crippen LogP contribution is -2.41. The molecule has 182 valence electrons. The van der Waals surface area contributed by atoms with Crippen LogP contribution in [0.25, 0.3) is 11.0 Å². The molecule has 0 aliphatic carbocycles. The predicted octanol–water partition coefficient (Wildman–Crippen LogP) is 2.36. The van der Waals surface area contributed by atoms with Crippen molar-refractivity contribution in [2.45, 2.75) is 12.5 Å². The van der Waals surface area contributed by atoms with Gasteiger partial charge in [0.2, 0.25) is 11.8 Å². The highest BCUT2D eigenvalue weighted by Crippen LogP contribution is 2.33. The lowest BCUT2D eigenvalue weighted by atomic mass is 10.1. The molecular formula is C23H23FN6O5. The number of amides is 1. The standard InChI is InChI=1S/C23H23FN6O5/c1-32-18-8-15(22(31)30-3-6-33-7-4-30)16(24)9-17(18)27-23-28-20-19(13(10-25)11-26-20)21(29-23)35-14-2-5-34-12-14/h8-9,11,14H,2-7,12H2,1H3,(H2,26,27,28,29). The van der Waals surface area contributed by atoms with Crippen molar-refractivity contribution in [1.29, 1.82) is 5.26 Å². The smallest absolute Gasteiger partial charge is 0.257 e. The summed E-state index contributed by atoms with van der Waals surface area (Å²) < 4.78 is 37.1. The van der Waals surface area contributed by atoms with E-state index in [4.69, 9.17) is 18.9 Å². The molecule has 5 rings (SSSR count). The molecule has 2 N–H and O–H groups in total. The molecule has 3 aromatic rings. The first-order valence-electron chi connectivity index (χ1n) is 11.1. The van der Waals surface area contributed by atoms with Gasteiger partial charge in [-0.3, -0.25) is 4.79 Å². The average Bonchev–Trinajstić information content (AvgIpc) is 3.54. The van der Waals surface area contributed by atoms with Crippen LogP contribution in [0.15, 0.2) is 18.3 Å². The molecule has 2 saturated heterocycles. The normalized spacial score (nSPS) is 17.9. The number of carbonyl (C=O) groups is 1. The fourth-order valence-corrected chi connectivity index (χ4v) is 4.03. The molecule has 2 aliphatic rings. The summed E-state index contributed by atoms with van der Waals surface area (Å²) in [5, 5.41) is 12.9. The van der Waals surface area contributed by atoms with Gasteiger partial charge in [0.15, 0.2) is 0 Å². The Hall–Kier alpha value is -3.95. The van der Waals surface area contributed by atoms with E-state index in [9.17, 15) is 10.1 Å². The minimum atomic E-state index is -0.711. The number of benzene rings is 1. The molecule has 1 aromatic carbocycles. The summed E-state index contributed by atoms with van der Waals surface area (Å²) in [4.78, 5) is 26.1. The van der Waals surface area contributed by atoms with E-state index in [-0.39, 0.29) is 34.9 Å². The number of H-pyrrole nitrogens is 1. The van der Waals surface area contributed by atoms with Crippen molar-refractivity contribution >= 4 is 28.6 Å². The number of anilines is 2. The van der Waals surface area contributed by atoms with Crippen LogP contribution in [-0.2, 0) is 9.47 Å². The van der Waals surface area contributed by atoms with Crippen LogP contribution < -0.4 is 14.8 Å². The number of nitrogens with one attached hydrogen (secondary N) is 2. The molecule has 1 atom stereocenters. The second-order valence-corrected chi connectivity index (χ2v) is 8.06. The number of rotatable bonds is 6. The van der Waals surface area contributed by atoms with Crippen molar-refractivity contribution < 1.29 is 28.1 Å². The van der Waals surface area contributed by atoms with E-state index < -0.39 is 11.7 Å². The zero-order valence-electron chi connectivity index (χ0n) is 19.0. The maximum atomic E-state index is 15.0. The van der Waals surface area contributed by atoms with Gasteiger partial charge in [0.1, 0.15) is 29.4 Å². The summed E-state index contributed by atoms with van der Waals surface area (Å²) in [6, 6.07) is 4.62. The molecule has 0 saturated carbocycles. The number of aromatic amines is 1. The minimum Gasteiger partial charge on any atom is -0.495 e. The minimum absolute atomic E-state index is 0.0982. The van der Waals surface area contributed by atoms with Gasteiger partial charge < -0.3 is 34.1 Å². The van der Waals surface area contributed by atoms with Crippen molar-refractivity contribution in [3.8, 4) is 17.7 Å². The number of morpholine rings is 1. The molecule has 0 bridgehead atoms. The number of nitriles is 1. The number of nitrogens with zero attached hydrogens (tertiary/aromatic N) is 4. The summed E-state index contributed by atoms with van der Waals surface area (Å²) in [5.41, 5.74) is 0.852. The van der Waals surface area contributed by atoms with E-state index >= 15 is 4.39 Å². The number of fused-ring (bicyclic) bond motifs is 1. The maximum Gasteiger partial charge on any atom is 0.257 e. The molecule has 0 radical (unpaired) electrons. The Kier molecular flexibility index (Phi) is 6.35. The van der Waals surface area contributed by atoms with E-state index in [1.165, 1.54) is 25.4 Å². The first kappa shape index (κ1) is 22.8. The fraction of sp³-hybridized carbons (Fsp3) is 0.391. The zero-order valence-corrected chi connectivity index (χ0v) is 19.0. The third-order valence-corrected chi connectivity index (χ3v) is 5.85. The molecule has 0 spiro atoms. The van der Waals surface area contributed by atoms with Gasteiger partial charge in [0.05, 0.1) is 55.7 Å². The van der Waals surface area contributed by atoms with E-state index in [2.05, 4.69) is 26.3 Å². The SMILES string of the molecule is COc1cc(C(=O)N2CCOCC2)c(F)cc1Nc1nc(OC2CCOC2)c2c(C#N)c[nH]c2n1. The van der Waals surface area contributed by atoms with E-state index in [1.807, 2.05) is 0 Å². The molecule has 2 aliphatic heterocycles. The van der Waals surface area contributed by atoms with Crippen LogP contribution in [0, 0.1) is 17.1 Å². The van der Waals surface area contributed by atoms with Gasteiger partial charge in [0, 0.05) is 31.8 Å². The molecule has 35 heavy (non-hydrogen) atoms. The molecule has 2 aromatic heterocycles. The number of hydrogen-bond donors (Lipinski definition) is 2. The second kappa shape index (κ2) is 9.73. The third kappa shape index (κ3) is 4.55. The van der Waals surface area contributed by atoms with Crippen LogP contribution in [0.4, 0.5) is 16.0 Å². The van der Waals surface area contributed by atoms with Crippen LogP contribution >= 0.6 is 0 Å². The highest BCUT2D eigenvalue weighted by molar-refractivity contribution is 5.96. The molecular weight excluding hydrogens is 459 g/mol. The summed E-state index contributed by atoms with van der Waals surface area (Å²) in [6.45, 7) is 2.60. The van der Waals surface area contributed by atoms with Gasteiger partial charge in [-0.05, 0) is 6.07 Å². The van der Waals surface area contributed by atoms with Gasteiger partial charge in [-0.2, -0.15) is 15.2 Å². The van der Waals surface area contributed by atoms with Crippen LogP contribution in [-0.4, -0.2) is 78.5 Å². The Labute approximate surface area is 199 Å². The Morgan fingerprint density at radius 1 is 1.29 bits per heavy atom. The molecule has 12 heteroatoms. The Bertz CT molecular complexity index is 1290. The lowest BCUT2D eigenvalue weighted by Gasteiger charge is -2.27. The third-order valence-electron chi connectivity index (χ3n) is 5.85. The summed E-state index contributed by atoms with van der Waals surface area (Å²) in [6.07, 6.45) is 2.01. The van der Waals surface area contributed by atoms with E-state index in [0.29, 0.717) is 62.5 Å². The van der Waals surface area contributed by atoms with Crippen molar-refractivity contribution in [1.82, 2.24) is 19.9 Å². The fourth-order valence-electron chi connectivity index (χ4n) is 4.03. The van der Waals surface area contributed by atoms with E-state index in [1.54, 1.807) is 4.90 Å². The lowest BCUT2D eigenvalue weighted by molar-refractivity contribution is 0.0299. The predicted molar refractivity (Wildman–Crippen MR) is 121 cm³/mol. The van der Waals surface area contributed by atoms with Crippen molar-refractivity contribution in [2.75, 3.05) is 51.9 Å². The molecule has 1 amide bonds. The van der Waals surface area contributed by atoms with Crippen molar-refractivity contribution in [3.63, 3.8) is 0 Å². The first-order valence-corrected chi connectivity index (χ1v) is 11.1. The number of methoxy groups -OCH3 is 1. The largest absolute Gasteiger partial charge is 0.495 e. The molecule has 11 nitrogen and oxygen atoms in total. The highest BCUT2D eigenvalue weighted by atomic mass is 19.1. The summed E-state index contributed by atoms with van der Waals surface area (Å²) >= 11 is 0. The van der Waals surface area contributed by atoms with Gasteiger partial charge in [-0.1, -0.05) is 0 Å². The van der Waals surface area contributed by atoms with Gasteiger partial charge >= 0.3 is 0 Å². The maximum absolute atomic E-state index is 15.0. The molecule has 1 unspecified atom stereocenters. The summed E-state index contributed by atoms with van der Waals surface area (Å²) in [7, 11) is 1.42. The van der Waals surface area contributed by atoms with Gasteiger partial charge in [-0.25, -0.2) is 4.39 Å². The zero-order chi connectivity index (χ0) is 24.4. The first-order chi connectivity index (χ1) is 17.1. The van der Waals surface area contributed by atoms with Crippen LogP contribution in [0.3, 0.4) is 0 Å². The van der Waals surface area contributed by atoms with Crippen molar-refractivity contribution in [2.24, 2.45) is 0 Å². The van der Waals surface area contributed by atoms with Crippen LogP contribution in [0.1, 0.15) is 22.3 Å². The monoisotopic (exact) mass is 482 g/mol. The van der Waals surface area contributed by atoms with Gasteiger partial charge in [0.25, 0.3) is 5.91 Å². The molecule has 4 heterocycles. The van der Waals surface area contributed by atoms with E-state index in [0.717, 1.165) is 0 Å². The number of carbonyl (C=O) groups excluding carboxylic acids is 1.